The van der Waals surface area contributed by atoms with Gasteiger partial charge in [-0.3, -0.25) is 9.78 Å². The van der Waals surface area contributed by atoms with E-state index in [0.717, 1.165) is 5.39 Å². The van der Waals surface area contributed by atoms with E-state index in [0.29, 0.717) is 30.0 Å². The Morgan fingerprint density at radius 3 is 2.71 bits per heavy atom. The predicted molar refractivity (Wildman–Crippen MR) is 117 cm³/mol. The second-order valence-electron chi connectivity index (χ2n) is 7.11. The topological polar surface area (TPSA) is 97.8 Å². The maximum atomic E-state index is 13.1. The third-order valence-electron chi connectivity index (χ3n) is 5.09. The van der Waals surface area contributed by atoms with Crippen LogP contribution in [0.15, 0.2) is 59.6 Å². The second kappa shape index (κ2) is 9.01. The Kier molecular flexibility index (Phi) is 6.17. The van der Waals surface area contributed by atoms with E-state index in [2.05, 4.69) is 10.3 Å². The van der Waals surface area contributed by atoms with Crippen molar-refractivity contribution in [1.82, 2.24) is 9.29 Å². The fraction of sp³-hybridized carbons (Fsp3) is 0.273. The van der Waals surface area contributed by atoms with Crippen LogP contribution in [0.1, 0.15) is 5.56 Å². The molecule has 31 heavy (non-hydrogen) atoms. The number of nitrogens with one attached hydrogen (secondary N) is 1. The van der Waals surface area contributed by atoms with Crippen molar-refractivity contribution in [3.63, 3.8) is 0 Å². The lowest BCUT2D eigenvalue weighted by Gasteiger charge is -2.26. The molecule has 1 N–H and O–H groups in total. The Balaban J connectivity index is 1.57. The van der Waals surface area contributed by atoms with Crippen molar-refractivity contribution in [2.24, 2.45) is 0 Å². The van der Waals surface area contributed by atoms with Crippen molar-refractivity contribution in [3.8, 4) is 5.75 Å². The number of carbonyl (C=O) groups excluding carboxylic acids is 1. The van der Waals surface area contributed by atoms with E-state index in [1.807, 2.05) is 24.3 Å². The molecule has 2 aromatic carbocycles. The van der Waals surface area contributed by atoms with E-state index in [1.54, 1.807) is 24.4 Å². The normalized spacial score (nSPS) is 15.0. The summed E-state index contributed by atoms with van der Waals surface area (Å²) in [7, 11) is -2.34. The predicted octanol–water partition coefficient (Wildman–Crippen LogP) is 2.45. The highest BCUT2D eigenvalue weighted by atomic mass is 32.2. The van der Waals surface area contributed by atoms with E-state index in [1.165, 1.54) is 17.5 Å². The molecule has 0 saturated carbocycles. The average Bonchev–Trinajstić information content (AvgIpc) is 2.80. The maximum Gasteiger partial charge on any atom is 0.246 e. The van der Waals surface area contributed by atoms with E-state index >= 15 is 0 Å². The van der Waals surface area contributed by atoms with Gasteiger partial charge in [0, 0.05) is 24.7 Å². The molecule has 2 heterocycles. The van der Waals surface area contributed by atoms with Crippen LogP contribution in [0.25, 0.3) is 10.9 Å². The van der Waals surface area contributed by atoms with Crippen LogP contribution in [0.4, 0.5) is 5.69 Å². The van der Waals surface area contributed by atoms with Gasteiger partial charge in [-0.15, -0.1) is 0 Å². The zero-order valence-electron chi connectivity index (χ0n) is 17.1. The summed E-state index contributed by atoms with van der Waals surface area (Å²) in [6.45, 7) is 1.26. The average molecular weight is 442 g/mol. The van der Waals surface area contributed by atoms with Crippen LogP contribution in [-0.4, -0.2) is 57.0 Å². The van der Waals surface area contributed by atoms with Gasteiger partial charge < -0.3 is 14.8 Å². The number of benzene rings is 2. The number of aromatic nitrogens is 1. The highest BCUT2D eigenvalue weighted by Crippen LogP contribution is 2.29. The van der Waals surface area contributed by atoms with Crippen molar-refractivity contribution < 1.29 is 22.7 Å². The minimum absolute atomic E-state index is 0.0127. The maximum absolute atomic E-state index is 13.1. The SMILES string of the molecule is COc1ccc(CC(=O)Nc2cccc3cccnc23)cc1S(=O)(=O)N1CCOCC1. The van der Waals surface area contributed by atoms with Crippen LogP contribution in [-0.2, 0) is 26.0 Å². The van der Waals surface area contributed by atoms with E-state index in [-0.39, 0.29) is 36.1 Å². The summed E-state index contributed by atoms with van der Waals surface area (Å²) in [6, 6.07) is 14.1. The number of sulfonamides is 1. The molecule has 1 aliphatic heterocycles. The van der Waals surface area contributed by atoms with Crippen LogP contribution < -0.4 is 10.1 Å². The van der Waals surface area contributed by atoms with Gasteiger partial charge in [-0.25, -0.2) is 8.42 Å². The standard InChI is InChI=1S/C22H23N3O5S/c1-29-19-8-7-16(14-20(19)31(27,28)25-10-12-30-13-11-25)15-21(26)24-18-6-2-4-17-5-3-9-23-22(17)18/h2-9,14H,10-13,15H2,1H3,(H,24,26). The van der Waals surface area contributed by atoms with Gasteiger partial charge in [-0.1, -0.05) is 24.3 Å². The van der Waals surface area contributed by atoms with Crippen LogP contribution in [0.5, 0.6) is 5.75 Å². The fourth-order valence-electron chi connectivity index (χ4n) is 3.54. The van der Waals surface area contributed by atoms with Gasteiger partial charge in [0.15, 0.2) is 0 Å². The number of ether oxygens (including phenoxy) is 2. The molecule has 1 amide bonds. The number of anilines is 1. The molecule has 0 unspecified atom stereocenters. The van der Waals surface area contributed by atoms with Crippen molar-refractivity contribution in [3.05, 3.63) is 60.3 Å². The second-order valence-corrected chi connectivity index (χ2v) is 9.01. The molecule has 3 aromatic rings. The Hall–Kier alpha value is -3.01. The Labute approximate surface area is 180 Å². The highest BCUT2D eigenvalue weighted by molar-refractivity contribution is 7.89. The third kappa shape index (κ3) is 4.53. The molecule has 0 atom stereocenters. The van der Waals surface area contributed by atoms with Gasteiger partial charge in [0.2, 0.25) is 15.9 Å². The lowest BCUT2D eigenvalue weighted by atomic mass is 10.1. The summed E-state index contributed by atoms with van der Waals surface area (Å²) < 4.78 is 38.2. The van der Waals surface area contributed by atoms with Crippen molar-refractivity contribution in [1.29, 1.82) is 0 Å². The molecule has 1 fully saturated rings. The number of pyridine rings is 1. The zero-order chi connectivity index (χ0) is 21.8. The number of rotatable bonds is 6. The molecule has 8 nitrogen and oxygen atoms in total. The van der Waals surface area contributed by atoms with Crippen LogP contribution in [0.3, 0.4) is 0 Å². The summed E-state index contributed by atoms with van der Waals surface area (Å²) in [5.74, 6) is -0.0213. The van der Waals surface area contributed by atoms with Gasteiger partial charge in [0.25, 0.3) is 0 Å². The van der Waals surface area contributed by atoms with E-state index < -0.39 is 10.0 Å². The van der Waals surface area contributed by atoms with Crippen LogP contribution in [0, 0.1) is 0 Å². The summed E-state index contributed by atoms with van der Waals surface area (Å²) in [5, 5.41) is 3.79. The first-order valence-electron chi connectivity index (χ1n) is 9.87. The minimum atomic E-state index is -3.76. The number of methoxy groups -OCH3 is 1. The number of fused-ring (bicyclic) bond motifs is 1. The number of para-hydroxylation sites is 1. The number of nitrogens with zero attached hydrogens (tertiary/aromatic N) is 2. The number of carbonyl (C=O) groups is 1. The lowest BCUT2D eigenvalue weighted by molar-refractivity contribution is -0.115. The lowest BCUT2D eigenvalue weighted by Crippen LogP contribution is -2.40. The monoisotopic (exact) mass is 441 g/mol. The molecule has 0 spiro atoms. The van der Waals surface area contributed by atoms with Gasteiger partial charge in [0.05, 0.1) is 37.9 Å². The van der Waals surface area contributed by atoms with Crippen LogP contribution >= 0.6 is 0 Å². The molecule has 0 radical (unpaired) electrons. The third-order valence-corrected chi connectivity index (χ3v) is 7.01. The highest BCUT2D eigenvalue weighted by Gasteiger charge is 2.29. The summed E-state index contributed by atoms with van der Waals surface area (Å²) in [6.07, 6.45) is 1.68. The Bertz CT molecular complexity index is 1200. The van der Waals surface area contributed by atoms with Gasteiger partial charge >= 0.3 is 0 Å². The Morgan fingerprint density at radius 2 is 1.94 bits per heavy atom. The molecular weight excluding hydrogens is 418 g/mol. The van der Waals surface area contributed by atoms with Gasteiger partial charge in [-0.05, 0) is 29.8 Å². The largest absolute Gasteiger partial charge is 0.495 e. The summed E-state index contributed by atoms with van der Waals surface area (Å²) in [4.78, 5) is 17.1. The molecule has 0 aliphatic carbocycles. The molecule has 1 saturated heterocycles. The van der Waals surface area contributed by atoms with Gasteiger partial charge in [-0.2, -0.15) is 4.31 Å². The summed E-state index contributed by atoms with van der Waals surface area (Å²) >= 11 is 0. The first-order chi connectivity index (χ1) is 15.0. The molecular formula is C22H23N3O5S. The molecule has 0 bridgehead atoms. The molecule has 9 heteroatoms. The number of morpholine rings is 1. The van der Waals surface area contributed by atoms with E-state index in [4.69, 9.17) is 9.47 Å². The van der Waals surface area contributed by atoms with Crippen molar-refractivity contribution >= 4 is 32.5 Å². The van der Waals surface area contributed by atoms with Crippen LogP contribution in [0.2, 0.25) is 0 Å². The molecule has 162 valence electrons. The molecule has 4 rings (SSSR count). The summed E-state index contributed by atoms with van der Waals surface area (Å²) in [5.41, 5.74) is 1.87. The first kappa shape index (κ1) is 21.2. The number of hydrogen-bond acceptors (Lipinski definition) is 6. The van der Waals surface area contributed by atoms with Crippen molar-refractivity contribution in [2.45, 2.75) is 11.3 Å². The smallest absolute Gasteiger partial charge is 0.246 e. The van der Waals surface area contributed by atoms with Crippen molar-refractivity contribution in [2.75, 3.05) is 38.7 Å². The minimum Gasteiger partial charge on any atom is -0.495 e. The van der Waals surface area contributed by atoms with E-state index in [9.17, 15) is 13.2 Å². The Morgan fingerprint density at radius 1 is 1.16 bits per heavy atom. The number of amides is 1. The van der Waals surface area contributed by atoms with Gasteiger partial charge in [0.1, 0.15) is 10.6 Å². The first-order valence-corrected chi connectivity index (χ1v) is 11.3. The number of hydrogen-bond donors (Lipinski definition) is 1. The fourth-order valence-corrected chi connectivity index (χ4v) is 5.16. The zero-order valence-corrected chi connectivity index (χ0v) is 17.9. The quantitative estimate of drug-likeness (QED) is 0.631. The molecule has 1 aliphatic rings. The molecule has 1 aromatic heterocycles.